The monoisotopic (exact) mass is 348 g/mol. The molecular weight excluding hydrogens is 316 g/mol. The van der Waals surface area contributed by atoms with Crippen LogP contribution in [0.4, 0.5) is 0 Å². The lowest BCUT2D eigenvalue weighted by Gasteiger charge is -2.38. The fourth-order valence-electron chi connectivity index (χ4n) is 4.76. The SMILES string of the molecule is O=C(NCCN1CCN(C(=O)C2CCC2)CC1)C1CC12CCNCC2. The van der Waals surface area contributed by atoms with E-state index < -0.39 is 0 Å². The van der Waals surface area contributed by atoms with Crippen LogP contribution in [0.15, 0.2) is 0 Å². The first-order chi connectivity index (χ1) is 12.2. The van der Waals surface area contributed by atoms with Crippen LogP contribution in [-0.2, 0) is 9.59 Å². The molecule has 1 unspecified atom stereocenters. The maximum absolute atomic E-state index is 12.4. The van der Waals surface area contributed by atoms with Gasteiger partial charge in [0, 0.05) is 51.1 Å². The van der Waals surface area contributed by atoms with Crippen LogP contribution in [-0.4, -0.2) is 74.0 Å². The molecular formula is C19H32N4O2. The van der Waals surface area contributed by atoms with Crippen molar-refractivity contribution < 1.29 is 9.59 Å². The van der Waals surface area contributed by atoms with Crippen molar-refractivity contribution in [1.29, 1.82) is 0 Å². The summed E-state index contributed by atoms with van der Waals surface area (Å²) in [6.07, 6.45) is 6.79. The molecule has 6 nitrogen and oxygen atoms in total. The van der Waals surface area contributed by atoms with E-state index in [0.717, 1.165) is 84.5 Å². The molecule has 2 aliphatic heterocycles. The van der Waals surface area contributed by atoms with E-state index in [1.165, 1.54) is 6.42 Å². The third kappa shape index (κ3) is 3.70. The van der Waals surface area contributed by atoms with Crippen LogP contribution in [0.3, 0.4) is 0 Å². The van der Waals surface area contributed by atoms with Crippen LogP contribution in [0.1, 0.15) is 38.5 Å². The molecule has 1 spiro atoms. The Morgan fingerprint density at radius 3 is 2.44 bits per heavy atom. The van der Waals surface area contributed by atoms with Crippen LogP contribution in [0, 0.1) is 17.3 Å². The second kappa shape index (κ2) is 7.23. The molecule has 2 heterocycles. The molecule has 4 rings (SSSR count). The molecule has 4 fully saturated rings. The van der Waals surface area contributed by atoms with Gasteiger partial charge >= 0.3 is 0 Å². The van der Waals surface area contributed by atoms with Gasteiger partial charge in [0.15, 0.2) is 0 Å². The number of rotatable bonds is 5. The summed E-state index contributed by atoms with van der Waals surface area (Å²) < 4.78 is 0. The highest BCUT2D eigenvalue weighted by molar-refractivity contribution is 5.82. The second-order valence-electron chi connectivity index (χ2n) is 8.45. The summed E-state index contributed by atoms with van der Waals surface area (Å²) in [5.41, 5.74) is 0.322. The maximum Gasteiger partial charge on any atom is 0.225 e. The van der Waals surface area contributed by atoms with Gasteiger partial charge < -0.3 is 15.5 Å². The highest BCUT2D eigenvalue weighted by atomic mass is 16.2. The predicted octanol–water partition coefficient (Wildman–Crippen LogP) is 0.437. The standard InChI is InChI=1S/C19H32N4O2/c24-17(16-14-19(16)4-6-20-7-5-19)21-8-9-22-10-12-23(13-11-22)18(25)15-2-1-3-15/h15-16,20H,1-14H2,(H,21,24). The number of hydrogen-bond acceptors (Lipinski definition) is 4. The molecule has 2 aliphatic carbocycles. The van der Waals surface area contributed by atoms with Gasteiger partial charge in [-0.15, -0.1) is 0 Å². The summed E-state index contributed by atoms with van der Waals surface area (Å²) in [6.45, 7) is 7.34. The van der Waals surface area contributed by atoms with Crippen molar-refractivity contribution in [3.63, 3.8) is 0 Å². The molecule has 6 heteroatoms. The highest BCUT2D eigenvalue weighted by Crippen LogP contribution is 2.58. The summed E-state index contributed by atoms with van der Waals surface area (Å²) in [6, 6.07) is 0. The Balaban J connectivity index is 1.12. The lowest BCUT2D eigenvalue weighted by atomic mass is 9.84. The van der Waals surface area contributed by atoms with Gasteiger partial charge in [-0.25, -0.2) is 0 Å². The van der Waals surface area contributed by atoms with Crippen LogP contribution < -0.4 is 10.6 Å². The molecule has 25 heavy (non-hydrogen) atoms. The van der Waals surface area contributed by atoms with E-state index in [2.05, 4.69) is 15.5 Å². The zero-order valence-electron chi connectivity index (χ0n) is 15.3. The summed E-state index contributed by atoms with van der Waals surface area (Å²) >= 11 is 0. The molecule has 2 N–H and O–H groups in total. The van der Waals surface area contributed by atoms with Gasteiger partial charge in [-0.05, 0) is 50.6 Å². The third-order valence-corrected chi connectivity index (χ3v) is 6.97. The molecule has 2 saturated heterocycles. The Morgan fingerprint density at radius 1 is 1.08 bits per heavy atom. The van der Waals surface area contributed by atoms with Crippen molar-refractivity contribution in [2.45, 2.75) is 38.5 Å². The minimum absolute atomic E-state index is 0.256. The Hall–Kier alpha value is -1.14. The summed E-state index contributed by atoms with van der Waals surface area (Å²) in [5, 5.41) is 6.54. The topological polar surface area (TPSA) is 64.7 Å². The fraction of sp³-hybridized carbons (Fsp3) is 0.895. The Morgan fingerprint density at radius 2 is 1.80 bits per heavy atom. The zero-order valence-corrected chi connectivity index (χ0v) is 15.3. The van der Waals surface area contributed by atoms with E-state index in [9.17, 15) is 9.59 Å². The van der Waals surface area contributed by atoms with Gasteiger partial charge in [0.05, 0.1) is 0 Å². The van der Waals surface area contributed by atoms with Gasteiger partial charge in [0.25, 0.3) is 0 Å². The number of piperidine rings is 1. The number of piperazine rings is 1. The summed E-state index contributed by atoms with van der Waals surface area (Å²) in [4.78, 5) is 29.1. The van der Waals surface area contributed by atoms with E-state index in [4.69, 9.17) is 0 Å². The van der Waals surface area contributed by atoms with Gasteiger partial charge in [0.2, 0.25) is 11.8 Å². The minimum atomic E-state index is 0.256. The minimum Gasteiger partial charge on any atom is -0.355 e. The molecule has 2 saturated carbocycles. The first kappa shape index (κ1) is 17.3. The van der Waals surface area contributed by atoms with E-state index >= 15 is 0 Å². The average Bonchev–Trinajstić information content (AvgIpc) is 3.27. The van der Waals surface area contributed by atoms with Gasteiger partial charge in [-0.2, -0.15) is 0 Å². The lowest BCUT2D eigenvalue weighted by Crippen LogP contribution is -2.52. The van der Waals surface area contributed by atoms with E-state index in [1.54, 1.807) is 0 Å². The van der Waals surface area contributed by atoms with Crippen LogP contribution in [0.25, 0.3) is 0 Å². The smallest absolute Gasteiger partial charge is 0.225 e. The fourth-order valence-corrected chi connectivity index (χ4v) is 4.76. The molecule has 0 aromatic heterocycles. The zero-order chi connectivity index (χ0) is 17.3. The van der Waals surface area contributed by atoms with E-state index in [-0.39, 0.29) is 11.8 Å². The van der Waals surface area contributed by atoms with Crippen LogP contribution in [0.2, 0.25) is 0 Å². The van der Waals surface area contributed by atoms with Crippen molar-refractivity contribution >= 4 is 11.8 Å². The number of carbonyl (C=O) groups excluding carboxylic acids is 2. The molecule has 0 radical (unpaired) electrons. The molecule has 0 aromatic carbocycles. The highest BCUT2D eigenvalue weighted by Gasteiger charge is 2.57. The first-order valence-corrected chi connectivity index (χ1v) is 10.2. The first-order valence-electron chi connectivity index (χ1n) is 10.2. The van der Waals surface area contributed by atoms with Gasteiger partial charge in [-0.1, -0.05) is 6.42 Å². The molecule has 0 aromatic rings. The van der Waals surface area contributed by atoms with Gasteiger partial charge in [-0.3, -0.25) is 14.5 Å². The number of carbonyl (C=O) groups is 2. The van der Waals surface area contributed by atoms with E-state index in [1.807, 2.05) is 4.90 Å². The van der Waals surface area contributed by atoms with Crippen molar-refractivity contribution in [2.75, 3.05) is 52.4 Å². The molecule has 1 atom stereocenters. The third-order valence-electron chi connectivity index (χ3n) is 6.97. The Kier molecular flexibility index (Phi) is 5.00. The van der Waals surface area contributed by atoms with Crippen molar-refractivity contribution in [3.8, 4) is 0 Å². The molecule has 2 amide bonds. The number of hydrogen-bond donors (Lipinski definition) is 2. The predicted molar refractivity (Wildman–Crippen MR) is 96.0 cm³/mol. The second-order valence-corrected chi connectivity index (χ2v) is 8.45. The van der Waals surface area contributed by atoms with Crippen molar-refractivity contribution in [2.24, 2.45) is 17.3 Å². The lowest BCUT2D eigenvalue weighted by molar-refractivity contribution is -0.139. The maximum atomic E-state index is 12.4. The average molecular weight is 348 g/mol. The largest absolute Gasteiger partial charge is 0.355 e. The number of nitrogens with one attached hydrogen (secondary N) is 2. The van der Waals surface area contributed by atoms with Gasteiger partial charge in [0.1, 0.15) is 0 Å². The summed E-state index contributed by atoms with van der Waals surface area (Å²) in [5.74, 6) is 1.21. The van der Waals surface area contributed by atoms with Crippen LogP contribution in [0.5, 0.6) is 0 Å². The van der Waals surface area contributed by atoms with Crippen molar-refractivity contribution in [1.82, 2.24) is 20.4 Å². The van der Waals surface area contributed by atoms with E-state index in [0.29, 0.717) is 17.2 Å². The van der Waals surface area contributed by atoms with Crippen molar-refractivity contribution in [3.05, 3.63) is 0 Å². The molecule has 0 bridgehead atoms. The molecule has 140 valence electrons. The molecule has 4 aliphatic rings. The quantitative estimate of drug-likeness (QED) is 0.757. The normalized spacial score (nSPS) is 29.3. The number of nitrogens with zero attached hydrogens (tertiary/aromatic N) is 2. The number of amides is 2. The van der Waals surface area contributed by atoms with Crippen LogP contribution >= 0.6 is 0 Å². The Bertz CT molecular complexity index is 506. The summed E-state index contributed by atoms with van der Waals surface area (Å²) in [7, 11) is 0. The Labute approximate surface area is 150 Å².